The molecular weight excluding hydrogens is 352 g/mol. The molecule has 1 amide bonds. The number of piperidine rings is 1. The number of carbonyl (C=O) groups is 1. The van der Waals surface area contributed by atoms with Gasteiger partial charge in [0, 0.05) is 32.4 Å². The molecule has 0 aliphatic carbocycles. The summed E-state index contributed by atoms with van der Waals surface area (Å²) < 4.78 is 11.4. The van der Waals surface area contributed by atoms with Gasteiger partial charge in [0.1, 0.15) is 18.0 Å². The number of amides is 1. The van der Waals surface area contributed by atoms with Crippen LogP contribution in [0.5, 0.6) is 5.75 Å². The summed E-state index contributed by atoms with van der Waals surface area (Å²) in [5.41, 5.74) is -0.0745. The van der Waals surface area contributed by atoms with Crippen LogP contribution < -0.4 is 10.1 Å². The molecule has 5 heteroatoms. The van der Waals surface area contributed by atoms with Crippen LogP contribution in [0.1, 0.15) is 47.5 Å². The molecular formula is C23H38N2O3. The molecule has 158 valence electrons. The van der Waals surface area contributed by atoms with Crippen molar-refractivity contribution in [2.45, 2.75) is 53.1 Å². The highest BCUT2D eigenvalue weighted by molar-refractivity contribution is 5.97. The van der Waals surface area contributed by atoms with Gasteiger partial charge in [-0.1, -0.05) is 27.7 Å². The maximum atomic E-state index is 12.6. The first-order valence-electron chi connectivity index (χ1n) is 10.5. The lowest BCUT2D eigenvalue weighted by molar-refractivity contribution is -0.137. The third kappa shape index (κ3) is 6.78. The Balaban J connectivity index is 1.82. The molecule has 1 aromatic carbocycles. The van der Waals surface area contributed by atoms with E-state index >= 15 is 0 Å². The first-order chi connectivity index (χ1) is 13.2. The molecule has 1 saturated heterocycles. The van der Waals surface area contributed by atoms with E-state index in [1.807, 2.05) is 31.2 Å². The fourth-order valence-corrected chi connectivity index (χ4v) is 4.21. The van der Waals surface area contributed by atoms with Crippen LogP contribution in [0, 0.1) is 17.8 Å². The van der Waals surface area contributed by atoms with E-state index in [1.54, 1.807) is 7.11 Å². The lowest BCUT2D eigenvalue weighted by Gasteiger charge is -2.34. The summed E-state index contributed by atoms with van der Waals surface area (Å²) >= 11 is 0. The minimum atomic E-state index is -0.827. The van der Waals surface area contributed by atoms with E-state index in [-0.39, 0.29) is 5.91 Å². The summed E-state index contributed by atoms with van der Waals surface area (Å²) in [4.78, 5) is 15.1. The van der Waals surface area contributed by atoms with Gasteiger partial charge in [-0.25, -0.2) is 0 Å². The van der Waals surface area contributed by atoms with Crippen LogP contribution in [0.2, 0.25) is 0 Å². The van der Waals surface area contributed by atoms with E-state index in [2.05, 4.69) is 37.9 Å². The molecule has 0 aromatic heterocycles. The Bertz CT molecular complexity index is 607. The number of nitrogens with zero attached hydrogens (tertiary/aromatic N) is 1. The molecule has 3 atom stereocenters. The first kappa shape index (κ1) is 22.7. The number of anilines is 1. The van der Waals surface area contributed by atoms with Crippen molar-refractivity contribution in [2.24, 2.45) is 17.8 Å². The van der Waals surface area contributed by atoms with Crippen LogP contribution in [0.25, 0.3) is 0 Å². The summed E-state index contributed by atoms with van der Waals surface area (Å²) in [6.07, 6.45) is 1.99. The lowest BCUT2D eigenvalue weighted by atomic mass is 9.92. The zero-order valence-corrected chi connectivity index (χ0v) is 18.5. The minimum absolute atomic E-state index is 0.120. The molecule has 28 heavy (non-hydrogen) atoms. The molecule has 1 aliphatic heterocycles. The average molecular weight is 391 g/mol. The van der Waals surface area contributed by atoms with E-state index in [0.717, 1.165) is 42.9 Å². The van der Waals surface area contributed by atoms with Gasteiger partial charge < -0.3 is 14.8 Å². The summed E-state index contributed by atoms with van der Waals surface area (Å²) in [6, 6.07) is 7.57. The van der Waals surface area contributed by atoms with Crippen molar-refractivity contribution in [3.05, 3.63) is 24.3 Å². The predicted molar refractivity (Wildman–Crippen MR) is 115 cm³/mol. The van der Waals surface area contributed by atoms with Crippen LogP contribution in [-0.2, 0) is 9.53 Å². The maximum absolute atomic E-state index is 12.6. The van der Waals surface area contributed by atoms with Gasteiger partial charge in [-0.15, -0.1) is 0 Å². The highest BCUT2D eigenvalue weighted by Gasteiger charge is 2.33. The Labute approximate surface area is 170 Å². The Morgan fingerprint density at radius 1 is 1.21 bits per heavy atom. The van der Waals surface area contributed by atoms with Crippen LogP contribution in [-0.4, -0.2) is 49.8 Å². The molecule has 0 spiro atoms. The second-order valence-electron chi connectivity index (χ2n) is 9.07. The fourth-order valence-electron chi connectivity index (χ4n) is 4.21. The number of likely N-dealkylation sites (tertiary alicyclic amines) is 1. The van der Waals surface area contributed by atoms with Crippen LogP contribution in [0.15, 0.2) is 24.3 Å². The normalized spacial score (nSPS) is 22.7. The van der Waals surface area contributed by atoms with Gasteiger partial charge in [0.25, 0.3) is 5.91 Å². The standard InChI is InChI=1S/C23H38N2O3/c1-17(2)14-23(5,27-6)22(26)24-20-7-9-21(10-8-20)28-12-11-25-15-18(3)13-19(4)16-25/h7-10,17-19H,11-16H2,1-6H3,(H,24,26)/t18-,19-,23+/m1/s1. The number of hydrogen-bond donors (Lipinski definition) is 1. The molecule has 1 heterocycles. The summed E-state index contributed by atoms with van der Waals surface area (Å²) in [7, 11) is 1.59. The molecule has 5 nitrogen and oxygen atoms in total. The molecule has 0 unspecified atom stereocenters. The monoisotopic (exact) mass is 390 g/mol. The van der Waals surface area contributed by atoms with Gasteiger partial charge in [0.15, 0.2) is 0 Å². The Kier molecular flexibility index (Phi) is 8.32. The highest BCUT2D eigenvalue weighted by atomic mass is 16.5. The second kappa shape index (κ2) is 10.3. The summed E-state index contributed by atoms with van der Waals surface area (Å²) in [5.74, 6) is 2.61. The Morgan fingerprint density at radius 2 is 1.82 bits per heavy atom. The average Bonchev–Trinajstić information content (AvgIpc) is 2.61. The van der Waals surface area contributed by atoms with Gasteiger partial charge >= 0.3 is 0 Å². The van der Waals surface area contributed by atoms with Crippen LogP contribution in [0.3, 0.4) is 0 Å². The van der Waals surface area contributed by atoms with E-state index in [1.165, 1.54) is 6.42 Å². The zero-order valence-electron chi connectivity index (χ0n) is 18.5. The second-order valence-corrected chi connectivity index (χ2v) is 9.07. The number of rotatable bonds is 9. The molecule has 1 fully saturated rings. The van der Waals surface area contributed by atoms with Crippen LogP contribution >= 0.6 is 0 Å². The zero-order chi connectivity index (χ0) is 20.7. The molecule has 1 aromatic rings. The lowest BCUT2D eigenvalue weighted by Crippen LogP contribution is -2.43. The van der Waals surface area contributed by atoms with Gasteiger partial charge in [-0.2, -0.15) is 0 Å². The smallest absolute Gasteiger partial charge is 0.256 e. The van der Waals surface area contributed by atoms with Crippen molar-refractivity contribution in [1.29, 1.82) is 0 Å². The third-order valence-electron chi connectivity index (χ3n) is 5.46. The molecule has 0 bridgehead atoms. The van der Waals surface area contributed by atoms with Crippen molar-refractivity contribution in [3.8, 4) is 5.75 Å². The number of carbonyl (C=O) groups excluding carboxylic acids is 1. The number of hydrogen-bond acceptors (Lipinski definition) is 4. The molecule has 0 saturated carbocycles. The van der Waals surface area contributed by atoms with Crippen molar-refractivity contribution in [2.75, 3.05) is 38.7 Å². The highest BCUT2D eigenvalue weighted by Crippen LogP contribution is 2.24. The molecule has 2 rings (SSSR count). The number of nitrogens with one attached hydrogen (secondary N) is 1. The van der Waals surface area contributed by atoms with Crippen molar-refractivity contribution in [1.82, 2.24) is 4.90 Å². The van der Waals surface area contributed by atoms with Crippen molar-refractivity contribution in [3.63, 3.8) is 0 Å². The van der Waals surface area contributed by atoms with Crippen molar-refractivity contribution < 1.29 is 14.3 Å². The van der Waals surface area contributed by atoms with Gasteiger partial charge in [0.05, 0.1) is 0 Å². The minimum Gasteiger partial charge on any atom is -0.492 e. The Morgan fingerprint density at radius 3 is 2.36 bits per heavy atom. The van der Waals surface area contributed by atoms with Crippen LogP contribution in [0.4, 0.5) is 5.69 Å². The van der Waals surface area contributed by atoms with E-state index < -0.39 is 5.60 Å². The predicted octanol–water partition coefficient (Wildman–Crippen LogP) is 4.43. The summed E-state index contributed by atoms with van der Waals surface area (Å²) in [6.45, 7) is 14.6. The largest absolute Gasteiger partial charge is 0.492 e. The third-order valence-corrected chi connectivity index (χ3v) is 5.46. The molecule has 1 aliphatic rings. The summed E-state index contributed by atoms with van der Waals surface area (Å²) in [5, 5.41) is 2.96. The fraction of sp³-hybridized carbons (Fsp3) is 0.696. The molecule has 1 N–H and O–H groups in total. The van der Waals surface area contributed by atoms with Gasteiger partial charge in [0.2, 0.25) is 0 Å². The van der Waals surface area contributed by atoms with Gasteiger partial charge in [-0.3, -0.25) is 9.69 Å². The topological polar surface area (TPSA) is 50.8 Å². The number of ether oxygens (including phenoxy) is 2. The quantitative estimate of drug-likeness (QED) is 0.677. The SMILES string of the molecule is CO[C@@](C)(CC(C)C)C(=O)Nc1ccc(OCCN2C[C@H](C)C[C@@H](C)C2)cc1. The first-order valence-corrected chi connectivity index (χ1v) is 10.5. The maximum Gasteiger partial charge on any atom is 0.256 e. The van der Waals surface area contributed by atoms with E-state index in [4.69, 9.17) is 9.47 Å². The molecule has 0 radical (unpaired) electrons. The van der Waals surface area contributed by atoms with E-state index in [9.17, 15) is 4.79 Å². The number of benzene rings is 1. The Hall–Kier alpha value is -1.59. The number of methoxy groups -OCH3 is 1. The van der Waals surface area contributed by atoms with Crippen molar-refractivity contribution >= 4 is 11.6 Å². The van der Waals surface area contributed by atoms with Gasteiger partial charge in [-0.05, 0) is 61.8 Å². The van der Waals surface area contributed by atoms with E-state index in [0.29, 0.717) is 18.9 Å².